The van der Waals surface area contributed by atoms with Crippen LogP contribution in [0.2, 0.25) is 5.02 Å². The van der Waals surface area contributed by atoms with Crippen LogP contribution in [0.4, 0.5) is 4.79 Å². The number of carbonyl (C=O) groups excluding carboxylic acids is 1. The van der Waals surface area contributed by atoms with E-state index in [9.17, 15) is 13.2 Å². The van der Waals surface area contributed by atoms with E-state index >= 15 is 0 Å². The lowest BCUT2D eigenvalue weighted by Crippen LogP contribution is -2.61. The third-order valence-electron chi connectivity index (χ3n) is 5.11. The second-order valence-corrected chi connectivity index (χ2v) is 12.7. The fraction of sp³-hybridized carbons (Fsp3) is 0.364. The van der Waals surface area contributed by atoms with Crippen LogP contribution in [0.1, 0.15) is 32.6 Å². The van der Waals surface area contributed by atoms with E-state index in [1.165, 1.54) is 24.8 Å². The number of ether oxygens (including phenoxy) is 1. The molecule has 35 heavy (non-hydrogen) atoms. The van der Waals surface area contributed by atoms with Gasteiger partial charge in [0.1, 0.15) is 5.60 Å². The van der Waals surface area contributed by atoms with Crippen LogP contribution in [0.15, 0.2) is 46.1 Å². The van der Waals surface area contributed by atoms with E-state index in [0.717, 1.165) is 20.3 Å². The summed E-state index contributed by atoms with van der Waals surface area (Å²) in [6.45, 7) is 6.80. The summed E-state index contributed by atoms with van der Waals surface area (Å²) in [4.78, 5) is 17.6. The maximum absolute atomic E-state index is 13.0. The van der Waals surface area contributed by atoms with Gasteiger partial charge in [-0.25, -0.2) is 17.5 Å². The van der Waals surface area contributed by atoms with Gasteiger partial charge >= 0.3 is 6.09 Å². The van der Waals surface area contributed by atoms with Crippen LogP contribution in [-0.2, 0) is 20.3 Å². The van der Waals surface area contributed by atoms with Crippen LogP contribution in [0.5, 0.6) is 0 Å². The van der Waals surface area contributed by atoms with Crippen molar-refractivity contribution in [2.75, 3.05) is 12.8 Å². The van der Waals surface area contributed by atoms with Crippen LogP contribution in [-0.4, -0.2) is 53.4 Å². The van der Waals surface area contributed by atoms with E-state index < -0.39 is 27.3 Å². The van der Waals surface area contributed by atoms with Gasteiger partial charge in [0.25, 0.3) is 0 Å². The summed E-state index contributed by atoms with van der Waals surface area (Å²) in [6, 6.07) is 9.27. The van der Waals surface area contributed by atoms with Crippen molar-refractivity contribution in [1.82, 2.24) is 19.8 Å². The predicted molar refractivity (Wildman–Crippen MR) is 134 cm³/mol. The van der Waals surface area contributed by atoms with Crippen molar-refractivity contribution in [2.24, 2.45) is 4.99 Å². The molecular weight excluding hydrogens is 514 g/mol. The minimum absolute atomic E-state index is 0.141. The average molecular weight is 538 g/mol. The quantitative estimate of drug-likeness (QED) is 0.517. The number of aliphatic imine (C=N–C) groups is 1. The minimum Gasteiger partial charge on any atom is -0.442 e. The van der Waals surface area contributed by atoms with Crippen LogP contribution in [0.3, 0.4) is 0 Å². The molecule has 0 spiro atoms. The normalized spacial score (nSPS) is 21.1. The molecule has 3 heterocycles. The van der Waals surface area contributed by atoms with E-state index in [0.29, 0.717) is 15.8 Å². The maximum atomic E-state index is 13.0. The molecule has 1 aliphatic heterocycles. The van der Waals surface area contributed by atoms with Crippen molar-refractivity contribution in [3.05, 3.63) is 46.6 Å². The first-order valence-electron chi connectivity index (χ1n) is 10.5. The summed E-state index contributed by atoms with van der Waals surface area (Å²) in [7, 11) is -2.48. The number of nitrogens with one attached hydrogen (secondary N) is 1. The number of nitrogens with zero attached hydrogens (tertiary/aromatic N) is 4. The molecule has 0 unspecified atom stereocenters. The lowest BCUT2D eigenvalue weighted by molar-refractivity contribution is 0.0602. The van der Waals surface area contributed by atoms with Gasteiger partial charge in [-0.05, 0) is 51.5 Å². The number of halogens is 1. The van der Waals surface area contributed by atoms with E-state index in [1.807, 2.05) is 24.3 Å². The fourth-order valence-corrected chi connectivity index (χ4v) is 6.76. The Labute approximate surface area is 212 Å². The molecule has 1 atom stereocenters. The zero-order valence-corrected chi connectivity index (χ0v) is 22.1. The highest BCUT2D eigenvalue weighted by molar-refractivity contribution is 7.89. The van der Waals surface area contributed by atoms with E-state index in [1.54, 1.807) is 33.8 Å². The van der Waals surface area contributed by atoms with E-state index in [-0.39, 0.29) is 11.7 Å². The number of carbonyl (C=O) groups is 1. The molecule has 1 fully saturated rings. The number of aromatic nitrogens is 2. The van der Waals surface area contributed by atoms with Gasteiger partial charge in [0, 0.05) is 17.5 Å². The van der Waals surface area contributed by atoms with Crippen LogP contribution in [0.25, 0.3) is 21.9 Å². The number of sulfonamides is 1. The number of hydrogen-bond acceptors (Lipinski definition) is 8. The first kappa shape index (κ1) is 25.1. The van der Waals surface area contributed by atoms with Crippen LogP contribution < -0.4 is 5.32 Å². The Kier molecular flexibility index (Phi) is 6.41. The third-order valence-corrected chi connectivity index (χ3v) is 8.91. The standard InChI is InChI=1S/C22H24ClN5O5S2/c1-21(2,3)33-20(29)25-19-26-22(4,11-35(30,31)28(19)5)17-15(23)10-16(34-17)13-7-6-8-14(9-13)18-27-24-12-32-18/h6-10,12H,11H2,1-5H3,(H,25,26,29)/t22-/m0/s1. The van der Waals surface area contributed by atoms with Gasteiger partial charge < -0.3 is 14.5 Å². The van der Waals surface area contributed by atoms with Crippen molar-refractivity contribution in [3.63, 3.8) is 0 Å². The molecule has 13 heteroatoms. The lowest BCUT2D eigenvalue weighted by atomic mass is 10.0. The number of hydrogen-bond donors (Lipinski definition) is 1. The molecule has 0 radical (unpaired) electrons. The molecule has 2 aromatic heterocycles. The zero-order chi connectivity index (χ0) is 25.6. The number of benzene rings is 1. The highest BCUT2D eigenvalue weighted by atomic mass is 35.5. The molecule has 1 N–H and O–H groups in total. The Morgan fingerprint density at radius 2 is 2.03 bits per heavy atom. The number of guanidine groups is 1. The topological polar surface area (TPSA) is 127 Å². The van der Waals surface area contributed by atoms with Crippen molar-refractivity contribution in [2.45, 2.75) is 38.8 Å². The third kappa shape index (κ3) is 5.34. The lowest BCUT2D eigenvalue weighted by Gasteiger charge is -2.39. The Morgan fingerprint density at radius 1 is 1.31 bits per heavy atom. The van der Waals surface area contributed by atoms with Gasteiger partial charge in [0.15, 0.2) is 0 Å². The molecule has 0 saturated carbocycles. The second-order valence-electron chi connectivity index (χ2n) is 9.21. The van der Waals surface area contributed by atoms with Crippen molar-refractivity contribution in [1.29, 1.82) is 0 Å². The second kappa shape index (κ2) is 8.92. The largest absolute Gasteiger partial charge is 0.442 e. The van der Waals surface area contributed by atoms with Crippen molar-refractivity contribution in [3.8, 4) is 21.9 Å². The fourth-order valence-electron chi connectivity index (χ4n) is 3.54. The van der Waals surface area contributed by atoms with Gasteiger partial charge in [-0.15, -0.1) is 26.5 Å². The monoisotopic (exact) mass is 537 g/mol. The molecule has 186 valence electrons. The smallest absolute Gasteiger partial charge is 0.437 e. The van der Waals surface area contributed by atoms with Gasteiger partial charge in [-0.1, -0.05) is 23.7 Å². The Balaban J connectivity index is 1.70. The molecule has 1 saturated heterocycles. The van der Waals surface area contributed by atoms with Gasteiger partial charge in [-0.2, -0.15) is 0 Å². The molecule has 4 rings (SSSR count). The molecule has 1 amide bonds. The Morgan fingerprint density at radius 3 is 2.69 bits per heavy atom. The van der Waals surface area contributed by atoms with Crippen molar-refractivity contribution >= 4 is 45.0 Å². The van der Waals surface area contributed by atoms with Gasteiger partial charge in [0.05, 0.1) is 21.2 Å². The van der Waals surface area contributed by atoms with Crippen LogP contribution >= 0.6 is 22.9 Å². The Bertz CT molecular complexity index is 1400. The number of amides is 1. The molecule has 1 aliphatic rings. The number of thiophene rings is 1. The predicted octanol–water partition coefficient (Wildman–Crippen LogP) is 4.49. The van der Waals surface area contributed by atoms with Crippen molar-refractivity contribution < 1.29 is 22.4 Å². The minimum atomic E-state index is -3.81. The maximum Gasteiger partial charge on any atom is 0.437 e. The number of rotatable bonds is 3. The average Bonchev–Trinajstić information content (AvgIpc) is 3.40. The summed E-state index contributed by atoms with van der Waals surface area (Å²) in [5.74, 6) is -0.0453. The van der Waals surface area contributed by atoms with Gasteiger partial charge in [-0.3, -0.25) is 0 Å². The van der Waals surface area contributed by atoms with Gasteiger partial charge in [0.2, 0.25) is 28.3 Å². The molecule has 0 aliphatic carbocycles. The Hall–Kier alpha value is -2.96. The summed E-state index contributed by atoms with van der Waals surface area (Å²) in [5, 5.41) is 11.1. The SMILES string of the molecule is CN1/C(=N/C(=O)OC(C)(C)C)N[C@](C)(c2sc(-c3cccc(-c4nnco4)c3)cc2Cl)CS1(=O)=O. The highest BCUT2D eigenvalue weighted by Crippen LogP contribution is 2.42. The summed E-state index contributed by atoms with van der Waals surface area (Å²) in [5.41, 5.74) is -0.334. The first-order chi connectivity index (χ1) is 16.3. The van der Waals surface area contributed by atoms with Crippen LogP contribution in [0, 0.1) is 0 Å². The molecule has 3 aromatic rings. The first-order valence-corrected chi connectivity index (χ1v) is 13.3. The van der Waals surface area contributed by atoms with E-state index in [4.69, 9.17) is 20.8 Å². The molecule has 1 aromatic carbocycles. The zero-order valence-electron chi connectivity index (χ0n) is 19.7. The molecule has 0 bridgehead atoms. The highest BCUT2D eigenvalue weighted by Gasteiger charge is 2.45. The summed E-state index contributed by atoms with van der Waals surface area (Å²) in [6.07, 6.45) is 0.355. The summed E-state index contributed by atoms with van der Waals surface area (Å²) >= 11 is 7.96. The van der Waals surface area contributed by atoms with E-state index in [2.05, 4.69) is 20.5 Å². The molecular formula is C22H24ClN5O5S2. The molecule has 10 nitrogen and oxygen atoms in total. The summed E-state index contributed by atoms with van der Waals surface area (Å²) < 4.78 is 37.5.